The molecule has 0 spiro atoms. The summed E-state index contributed by atoms with van der Waals surface area (Å²) in [6, 6.07) is 0. The topological polar surface area (TPSA) is 53.5 Å². The molecule has 0 atom stereocenters. The zero-order valence-electron chi connectivity index (χ0n) is 13.8. The summed E-state index contributed by atoms with van der Waals surface area (Å²) < 4.78 is 5.00. The molecule has 0 unspecified atom stereocenters. The summed E-state index contributed by atoms with van der Waals surface area (Å²) in [5, 5.41) is 3.29. The first-order chi connectivity index (χ1) is 10.2. The molecule has 0 fully saturated rings. The zero-order chi connectivity index (χ0) is 15.5. The van der Waals surface area contributed by atoms with Crippen LogP contribution in [0.3, 0.4) is 0 Å². The fraction of sp³-hybridized carbons (Fsp3) is 0.733. The smallest absolute Gasteiger partial charge is 0.225 e. The van der Waals surface area contributed by atoms with Crippen LogP contribution in [0.4, 0.5) is 5.95 Å². The molecule has 0 aliphatic heterocycles. The van der Waals surface area contributed by atoms with Crippen LogP contribution in [0.5, 0.6) is 0 Å². The molecule has 0 aliphatic rings. The van der Waals surface area contributed by atoms with Crippen molar-refractivity contribution in [1.29, 1.82) is 0 Å². The minimum atomic E-state index is 0.717. The number of aromatic nitrogens is 2. The SMILES string of the molecule is CCN(CCCN(C)C)c1ncc(CNCCOC)cn1. The molecular formula is C15H29N5O. The van der Waals surface area contributed by atoms with E-state index in [1.807, 2.05) is 12.4 Å². The number of anilines is 1. The third kappa shape index (κ3) is 7.36. The predicted molar refractivity (Wildman–Crippen MR) is 86.7 cm³/mol. The predicted octanol–water partition coefficient (Wildman–Crippen LogP) is 0.991. The maximum Gasteiger partial charge on any atom is 0.225 e. The van der Waals surface area contributed by atoms with Crippen LogP contribution in [0.2, 0.25) is 0 Å². The summed E-state index contributed by atoms with van der Waals surface area (Å²) in [4.78, 5) is 13.4. The van der Waals surface area contributed by atoms with Crippen LogP contribution in [0, 0.1) is 0 Å². The van der Waals surface area contributed by atoms with Gasteiger partial charge in [-0.3, -0.25) is 0 Å². The molecule has 6 heteroatoms. The lowest BCUT2D eigenvalue weighted by Gasteiger charge is -2.21. The van der Waals surface area contributed by atoms with Gasteiger partial charge in [0.1, 0.15) is 0 Å². The van der Waals surface area contributed by atoms with E-state index in [-0.39, 0.29) is 0 Å². The molecule has 1 aromatic heterocycles. The Labute approximate surface area is 128 Å². The van der Waals surface area contributed by atoms with Crippen LogP contribution in [-0.2, 0) is 11.3 Å². The standard InChI is InChI=1S/C15H29N5O/c1-5-20(9-6-8-19(2)3)15-17-12-14(13-18-15)11-16-7-10-21-4/h12-13,16H,5-11H2,1-4H3. The van der Waals surface area contributed by atoms with E-state index in [1.54, 1.807) is 7.11 Å². The maximum atomic E-state index is 5.00. The number of ether oxygens (including phenoxy) is 1. The molecule has 21 heavy (non-hydrogen) atoms. The van der Waals surface area contributed by atoms with E-state index in [9.17, 15) is 0 Å². The molecule has 0 radical (unpaired) electrons. The molecule has 1 heterocycles. The molecular weight excluding hydrogens is 266 g/mol. The minimum absolute atomic E-state index is 0.717. The number of hydrogen-bond donors (Lipinski definition) is 1. The highest BCUT2D eigenvalue weighted by Crippen LogP contribution is 2.07. The van der Waals surface area contributed by atoms with Gasteiger partial charge in [0.25, 0.3) is 0 Å². The monoisotopic (exact) mass is 295 g/mol. The number of methoxy groups -OCH3 is 1. The van der Waals surface area contributed by atoms with Gasteiger partial charge >= 0.3 is 0 Å². The molecule has 6 nitrogen and oxygen atoms in total. The Bertz CT molecular complexity index is 369. The average Bonchev–Trinajstić information content (AvgIpc) is 2.49. The van der Waals surface area contributed by atoms with Gasteiger partial charge in [0, 0.05) is 51.2 Å². The van der Waals surface area contributed by atoms with Crippen molar-refractivity contribution in [3.8, 4) is 0 Å². The highest BCUT2D eigenvalue weighted by Gasteiger charge is 2.07. The normalized spacial score (nSPS) is 11.1. The van der Waals surface area contributed by atoms with Gasteiger partial charge in [-0.15, -0.1) is 0 Å². The summed E-state index contributed by atoms with van der Waals surface area (Å²) in [7, 11) is 5.89. The van der Waals surface area contributed by atoms with Gasteiger partial charge in [0.2, 0.25) is 5.95 Å². The van der Waals surface area contributed by atoms with Crippen molar-refractivity contribution in [3.05, 3.63) is 18.0 Å². The van der Waals surface area contributed by atoms with E-state index in [2.05, 4.69) is 46.1 Å². The lowest BCUT2D eigenvalue weighted by molar-refractivity contribution is 0.199. The van der Waals surface area contributed by atoms with E-state index < -0.39 is 0 Å². The second-order valence-corrected chi connectivity index (χ2v) is 5.30. The van der Waals surface area contributed by atoms with E-state index >= 15 is 0 Å². The highest BCUT2D eigenvalue weighted by molar-refractivity contribution is 5.29. The Balaban J connectivity index is 2.42. The molecule has 1 aromatic rings. The van der Waals surface area contributed by atoms with E-state index in [0.29, 0.717) is 6.61 Å². The minimum Gasteiger partial charge on any atom is -0.383 e. The third-order valence-corrected chi connectivity index (χ3v) is 3.20. The number of rotatable bonds is 11. The van der Waals surface area contributed by atoms with E-state index in [0.717, 1.165) is 50.7 Å². The Morgan fingerprint density at radius 2 is 1.90 bits per heavy atom. The van der Waals surface area contributed by atoms with E-state index in [4.69, 9.17) is 4.74 Å². The maximum absolute atomic E-state index is 5.00. The largest absolute Gasteiger partial charge is 0.383 e. The van der Waals surface area contributed by atoms with Crippen molar-refractivity contribution in [3.63, 3.8) is 0 Å². The molecule has 0 saturated carbocycles. The molecule has 0 bridgehead atoms. The molecule has 120 valence electrons. The Morgan fingerprint density at radius 1 is 1.19 bits per heavy atom. The Morgan fingerprint density at radius 3 is 2.48 bits per heavy atom. The van der Waals surface area contributed by atoms with Gasteiger partial charge in [-0.1, -0.05) is 0 Å². The van der Waals surface area contributed by atoms with Crippen molar-refractivity contribution >= 4 is 5.95 Å². The van der Waals surface area contributed by atoms with Crippen molar-refractivity contribution in [2.45, 2.75) is 19.9 Å². The number of nitrogens with one attached hydrogen (secondary N) is 1. The second-order valence-electron chi connectivity index (χ2n) is 5.30. The molecule has 1 rings (SSSR count). The van der Waals surface area contributed by atoms with Gasteiger partial charge in [0.15, 0.2) is 0 Å². The number of hydrogen-bond acceptors (Lipinski definition) is 6. The summed E-state index contributed by atoms with van der Waals surface area (Å²) in [6.45, 7) is 7.46. The lowest BCUT2D eigenvalue weighted by Crippen LogP contribution is -2.28. The summed E-state index contributed by atoms with van der Waals surface area (Å²) >= 11 is 0. The molecule has 1 N–H and O–H groups in total. The van der Waals surface area contributed by atoms with Crippen molar-refractivity contribution in [1.82, 2.24) is 20.2 Å². The van der Waals surface area contributed by atoms with Gasteiger partial charge in [-0.25, -0.2) is 9.97 Å². The quantitative estimate of drug-likeness (QED) is 0.615. The Hall–Kier alpha value is -1.24. The van der Waals surface area contributed by atoms with Gasteiger partial charge < -0.3 is 19.9 Å². The van der Waals surface area contributed by atoms with E-state index in [1.165, 1.54) is 0 Å². The van der Waals surface area contributed by atoms with Gasteiger partial charge in [-0.05, 0) is 34.0 Å². The highest BCUT2D eigenvalue weighted by atomic mass is 16.5. The van der Waals surface area contributed by atoms with Crippen molar-refractivity contribution in [2.75, 3.05) is 58.9 Å². The van der Waals surface area contributed by atoms with Crippen LogP contribution < -0.4 is 10.2 Å². The average molecular weight is 295 g/mol. The molecule has 0 aliphatic carbocycles. The van der Waals surface area contributed by atoms with Crippen LogP contribution in [-0.4, -0.2) is 68.9 Å². The second kappa shape index (κ2) is 10.5. The molecule has 0 saturated heterocycles. The molecule has 0 aromatic carbocycles. The van der Waals surface area contributed by atoms with Gasteiger partial charge in [0.05, 0.1) is 6.61 Å². The summed E-state index contributed by atoms with van der Waals surface area (Å²) in [5.41, 5.74) is 1.10. The van der Waals surface area contributed by atoms with Gasteiger partial charge in [-0.2, -0.15) is 0 Å². The fourth-order valence-corrected chi connectivity index (χ4v) is 1.99. The lowest BCUT2D eigenvalue weighted by atomic mass is 10.3. The van der Waals surface area contributed by atoms with Crippen molar-refractivity contribution < 1.29 is 4.74 Å². The first-order valence-electron chi connectivity index (χ1n) is 7.57. The fourth-order valence-electron chi connectivity index (χ4n) is 1.99. The van der Waals surface area contributed by atoms with Crippen LogP contribution >= 0.6 is 0 Å². The summed E-state index contributed by atoms with van der Waals surface area (Å²) in [6.07, 6.45) is 4.91. The van der Waals surface area contributed by atoms with Crippen LogP contribution in [0.1, 0.15) is 18.9 Å². The zero-order valence-corrected chi connectivity index (χ0v) is 13.8. The van der Waals surface area contributed by atoms with Crippen LogP contribution in [0.15, 0.2) is 12.4 Å². The first-order valence-corrected chi connectivity index (χ1v) is 7.57. The third-order valence-electron chi connectivity index (χ3n) is 3.20. The Kier molecular flexibility index (Phi) is 8.89. The number of nitrogens with zero attached hydrogens (tertiary/aromatic N) is 4. The van der Waals surface area contributed by atoms with Crippen molar-refractivity contribution in [2.24, 2.45) is 0 Å². The molecule has 0 amide bonds. The van der Waals surface area contributed by atoms with Crippen LogP contribution in [0.25, 0.3) is 0 Å². The summed E-state index contributed by atoms with van der Waals surface area (Å²) in [5.74, 6) is 0.817. The first kappa shape index (κ1) is 17.8.